The van der Waals surface area contributed by atoms with Crippen LogP contribution in [0.3, 0.4) is 0 Å². The molecule has 23 heavy (non-hydrogen) atoms. The zero-order valence-electron chi connectivity index (χ0n) is 15.4. The molecule has 0 fully saturated rings. The van der Waals surface area contributed by atoms with E-state index in [2.05, 4.69) is 59.7 Å². The van der Waals surface area contributed by atoms with Gasteiger partial charge in [0.1, 0.15) is 17.2 Å². The molecule has 0 aliphatic heterocycles. The van der Waals surface area contributed by atoms with E-state index in [1.807, 2.05) is 24.3 Å². The summed E-state index contributed by atoms with van der Waals surface area (Å²) >= 11 is 0. The molecule has 0 radical (unpaired) electrons. The number of rotatable bonds is 3. The summed E-state index contributed by atoms with van der Waals surface area (Å²) in [5.74, 6) is 2.53. The molecule has 0 aliphatic rings. The average molecular weight is 312 g/mol. The van der Waals surface area contributed by atoms with E-state index in [1.54, 1.807) is 7.11 Å². The van der Waals surface area contributed by atoms with Crippen LogP contribution in [0.15, 0.2) is 42.5 Å². The topological polar surface area (TPSA) is 18.5 Å². The minimum absolute atomic E-state index is 0.0826. The molecular formula is C21H28O2. The number of ether oxygens (including phenoxy) is 2. The van der Waals surface area contributed by atoms with Crippen LogP contribution in [-0.4, -0.2) is 7.11 Å². The van der Waals surface area contributed by atoms with Gasteiger partial charge in [0.2, 0.25) is 0 Å². The molecule has 2 aromatic carbocycles. The third-order valence-corrected chi connectivity index (χ3v) is 3.93. The van der Waals surface area contributed by atoms with Crippen molar-refractivity contribution >= 4 is 0 Å². The van der Waals surface area contributed by atoms with Crippen LogP contribution in [0.25, 0.3) is 0 Å². The predicted molar refractivity (Wildman–Crippen MR) is 96.9 cm³/mol. The lowest BCUT2D eigenvalue weighted by Gasteiger charge is -2.26. The quantitative estimate of drug-likeness (QED) is 0.683. The highest BCUT2D eigenvalue weighted by Gasteiger charge is 2.21. The van der Waals surface area contributed by atoms with Gasteiger partial charge in [-0.05, 0) is 58.4 Å². The minimum Gasteiger partial charge on any atom is -0.497 e. The van der Waals surface area contributed by atoms with Crippen molar-refractivity contribution in [2.75, 3.05) is 7.11 Å². The first-order chi connectivity index (χ1) is 10.6. The summed E-state index contributed by atoms with van der Waals surface area (Å²) in [6.07, 6.45) is 0. The smallest absolute Gasteiger partial charge is 0.128 e. The number of hydrogen-bond donors (Lipinski definition) is 0. The molecule has 0 atom stereocenters. The van der Waals surface area contributed by atoms with Crippen molar-refractivity contribution in [3.63, 3.8) is 0 Å². The third kappa shape index (κ3) is 4.51. The summed E-state index contributed by atoms with van der Waals surface area (Å²) in [4.78, 5) is 0. The van der Waals surface area contributed by atoms with Crippen molar-refractivity contribution in [3.05, 3.63) is 53.6 Å². The van der Waals surface area contributed by atoms with Crippen molar-refractivity contribution in [2.24, 2.45) is 0 Å². The van der Waals surface area contributed by atoms with Gasteiger partial charge < -0.3 is 9.47 Å². The lowest BCUT2D eigenvalue weighted by molar-refractivity contribution is 0.412. The molecule has 124 valence electrons. The Balaban J connectivity index is 2.40. The van der Waals surface area contributed by atoms with Crippen molar-refractivity contribution in [1.82, 2.24) is 0 Å². The highest BCUT2D eigenvalue weighted by Crippen LogP contribution is 2.34. The molecule has 0 saturated heterocycles. The van der Waals surface area contributed by atoms with E-state index in [0.29, 0.717) is 0 Å². The van der Waals surface area contributed by atoms with Crippen LogP contribution in [0.5, 0.6) is 17.2 Å². The van der Waals surface area contributed by atoms with E-state index in [-0.39, 0.29) is 10.8 Å². The van der Waals surface area contributed by atoms with E-state index >= 15 is 0 Å². The lowest BCUT2D eigenvalue weighted by Crippen LogP contribution is -2.16. The molecule has 0 aliphatic carbocycles. The summed E-state index contributed by atoms with van der Waals surface area (Å²) < 4.78 is 11.3. The Morgan fingerprint density at radius 3 is 1.43 bits per heavy atom. The molecule has 2 aromatic rings. The molecule has 0 amide bonds. The third-order valence-electron chi connectivity index (χ3n) is 3.93. The summed E-state index contributed by atoms with van der Waals surface area (Å²) in [5.41, 5.74) is 2.74. The average Bonchev–Trinajstić information content (AvgIpc) is 2.46. The Hall–Kier alpha value is -1.96. The normalized spacial score (nSPS) is 12.1. The van der Waals surface area contributed by atoms with E-state index in [1.165, 1.54) is 11.1 Å². The molecule has 0 unspecified atom stereocenters. The van der Waals surface area contributed by atoms with Crippen LogP contribution in [0.4, 0.5) is 0 Å². The van der Waals surface area contributed by atoms with Crippen molar-refractivity contribution in [3.8, 4) is 17.2 Å². The van der Waals surface area contributed by atoms with Gasteiger partial charge in [0.25, 0.3) is 0 Å². The molecule has 0 bridgehead atoms. The van der Waals surface area contributed by atoms with Crippen molar-refractivity contribution in [2.45, 2.75) is 52.4 Å². The van der Waals surface area contributed by atoms with Crippen LogP contribution in [-0.2, 0) is 10.8 Å². The highest BCUT2D eigenvalue weighted by atomic mass is 16.5. The second-order valence-corrected chi connectivity index (χ2v) is 8.02. The van der Waals surface area contributed by atoms with Gasteiger partial charge in [-0.25, -0.2) is 0 Å². The molecule has 0 heterocycles. The first kappa shape index (κ1) is 17.4. The fraction of sp³-hybridized carbons (Fsp3) is 0.429. The Labute approximate surface area is 140 Å². The standard InChI is InChI=1S/C21H28O2/c1-20(2,3)15-12-16(21(4,5)6)14-19(13-15)23-18-10-8-17(22-7)9-11-18/h8-14H,1-7H3. The van der Waals surface area contributed by atoms with E-state index in [0.717, 1.165) is 17.2 Å². The lowest BCUT2D eigenvalue weighted by atomic mass is 9.80. The summed E-state index contributed by atoms with van der Waals surface area (Å²) in [7, 11) is 1.66. The first-order valence-corrected chi connectivity index (χ1v) is 8.07. The molecule has 2 nitrogen and oxygen atoms in total. The molecule has 0 N–H and O–H groups in total. The van der Waals surface area contributed by atoms with Gasteiger partial charge in [-0.2, -0.15) is 0 Å². The Kier molecular flexibility index (Phi) is 4.74. The van der Waals surface area contributed by atoms with Gasteiger partial charge in [-0.1, -0.05) is 47.6 Å². The maximum absolute atomic E-state index is 6.09. The highest BCUT2D eigenvalue weighted by molar-refractivity contribution is 5.43. The van der Waals surface area contributed by atoms with Crippen molar-refractivity contribution < 1.29 is 9.47 Å². The monoisotopic (exact) mass is 312 g/mol. The maximum atomic E-state index is 6.09. The Bertz CT molecular complexity index is 623. The van der Waals surface area contributed by atoms with E-state index < -0.39 is 0 Å². The summed E-state index contributed by atoms with van der Waals surface area (Å²) in [6, 6.07) is 14.2. The van der Waals surface area contributed by atoms with Crippen LogP contribution >= 0.6 is 0 Å². The largest absolute Gasteiger partial charge is 0.497 e. The summed E-state index contributed by atoms with van der Waals surface area (Å²) in [5, 5.41) is 0. The second-order valence-electron chi connectivity index (χ2n) is 8.02. The van der Waals surface area contributed by atoms with Crippen LogP contribution in [0, 0.1) is 0 Å². The second kappa shape index (κ2) is 6.27. The van der Waals surface area contributed by atoms with Gasteiger partial charge in [0.15, 0.2) is 0 Å². The zero-order chi connectivity index (χ0) is 17.3. The van der Waals surface area contributed by atoms with E-state index in [9.17, 15) is 0 Å². The molecule has 0 aromatic heterocycles. The van der Waals surface area contributed by atoms with Gasteiger partial charge in [0.05, 0.1) is 7.11 Å². The van der Waals surface area contributed by atoms with Gasteiger partial charge in [-0.15, -0.1) is 0 Å². The SMILES string of the molecule is COc1ccc(Oc2cc(C(C)(C)C)cc(C(C)(C)C)c2)cc1. The number of hydrogen-bond acceptors (Lipinski definition) is 2. The molecule has 2 heteroatoms. The van der Waals surface area contributed by atoms with Crippen LogP contribution < -0.4 is 9.47 Å². The van der Waals surface area contributed by atoms with Gasteiger partial charge in [0, 0.05) is 0 Å². The van der Waals surface area contributed by atoms with Crippen molar-refractivity contribution in [1.29, 1.82) is 0 Å². The maximum Gasteiger partial charge on any atom is 0.128 e. The Morgan fingerprint density at radius 2 is 1.04 bits per heavy atom. The predicted octanol–water partition coefficient (Wildman–Crippen LogP) is 6.08. The first-order valence-electron chi connectivity index (χ1n) is 8.07. The molecule has 0 spiro atoms. The summed E-state index contributed by atoms with van der Waals surface area (Å²) in [6.45, 7) is 13.4. The van der Waals surface area contributed by atoms with Crippen LogP contribution in [0.2, 0.25) is 0 Å². The fourth-order valence-corrected chi connectivity index (χ4v) is 2.30. The molecular weight excluding hydrogens is 284 g/mol. The number of methoxy groups -OCH3 is 1. The van der Waals surface area contributed by atoms with Gasteiger partial charge >= 0.3 is 0 Å². The fourth-order valence-electron chi connectivity index (χ4n) is 2.30. The minimum atomic E-state index is 0.0826. The number of benzene rings is 2. The molecule has 0 saturated carbocycles. The van der Waals surface area contributed by atoms with E-state index in [4.69, 9.17) is 9.47 Å². The molecule has 2 rings (SSSR count). The van der Waals surface area contributed by atoms with Crippen LogP contribution in [0.1, 0.15) is 52.7 Å². The van der Waals surface area contributed by atoms with Gasteiger partial charge in [-0.3, -0.25) is 0 Å². The zero-order valence-corrected chi connectivity index (χ0v) is 15.4. The Morgan fingerprint density at radius 1 is 0.609 bits per heavy atom.